The minimum atomic E-state index is 0.142. The van der Waals surface area contributed by atoms with Crippen molar-refractivity contribution in [3.8, 4) is 0 Å². The summed E-state index contributed by atoms with van der Waals surface area (Å²) in [6, 6.07) is 0.264. The van der Waals surface area contributed by atoms with Crippen LogP contribution in [0.25, 0.3) is 0 Å². The first-order chi connectivity index (χ1) is 9.00. The second kappa shape index (κ2) is 6.03. The van der Waals surface area contributed by atoms with Gasteiger partial charge in [-0.25, -0.2) is 4.98 Å². The maximum atomic E-state index is 5.42. The first kappa shape index (κ1) is 14.5. The molecule has 1 aromatic rings. The molecule has 1 N–H and O–H groups in total. The highest BCUT2D eigenvalue weighted by molar-refractivity contribution is 4.98. The van der Waals surface area contributed by atoms with Gasteiger partial charge in [0.05, 0.1) is 19.3 Å². The number of aryl methyl sites for hydroxylation is 1. The van der Waals surface area contributed by atoms with Crippen LogP contribution >= 0.6 is 0 Å². The molecule has 1 fully saturated rings. The Hall–Kier alpha value is -0.910. The van der Waals surface area contributed by atoms with Gasteiger partial charge in [0, 0.05) is 44.6 Å². The smallest absolute Gasteiger partial charge is 0.125 e. The van der Waals surface area contributed by atoms with Crippen LogP contribution in [0.1, 0.15) is 32.6 Å². The zero-order valence-corrected chi connectivity index (χ0v) is 12.5. The van der Waals surface area contributed by atoms with Gasteiger partial charge in [-0.3, -0.25) is 4.90 Å². The van der Waals surface area contributed by atoms with Crippen LogP contribution in [0.5, 0.6) is 0 Å². The van der Waals surface area contributed by atoms with Gasteiger partial charge in [-0.15, -0.1) is 0 Å². The lowest BCUT2D eigenvalue weighted by Gasteiger charge is -2.41. The largest absolute Gasteiger partial charge is 0.379 e. The number of morpholine rings is 1. The number of nitrogens with zero attached hydrogens (tertiary/aromatic N) is 3. The first-order valence-corrected chi connectivity index (χ1v) is 7.04. The Bertz CT molecular complexity index is 396. The molecule has 0 radical (unpaired) electrons. The van der Waals surface area contributed by atoms with Gasteiger partial charge in [-0.05, 0) is 20.8 Å². The van der Waals surface area contributed by atoms with E-state index in [1.807, 2.05) is 19.4 Å². The first-order valence-electron chi connectivity index (χ1n) is 7.04. The van der Waals surface area contributed by atoms with E-state index in [4.69, 9.17) is 4.74 Å². The summed E-state index contributed by atoms with van der Waals surface area (Å²) in [5.41, 5.74) is 0.142. The molecule has 1 aliphatic rings. The molecule has 0 amide bonds. The molecule has 1 aromatic heterocycles. The lowest BCUT2D eigenvalue weighted by molar-refractivity contribution is -0.0103. The molecule has 5 heteroatoms. The minimum absolute atomic E-state index is 0.142. The van der Waals surface area contributed by atoms with Crippen LogP contribution in [0.15, 0.2) is 12.4 Å². The number of hydrogen-bond acceptors (Lipinski definition) is 4. The second-order valence-corrected chi connectivity index (χ2v) is 5.91. The molecule has 0 aromatic carbocycles. The quantitative estimate of drug-likeness (QED) is 0.869. The van der Waals surface area contributed by atoms with Crippen molar-refractivity contribution in [1.82, 2.24) is 19.8 Å². The van der Waals surface area contributed by atoms with Crippen molar-refractivity contribution in [3.05, 3.63) is 18.2 Å². The summed E-state index contributed by atoms with van der Waals surface area (Å²) in [4.78, 5) is 6.89. The van der Waals surface area contributed by atoms with E-state index in [0.717, 1.165) is 38.7 Å². The van der Waals surface area contributed by atoms with E-state index in [9.17, 15) is 0 Å². The van der Waals surface area contributed by atoms with E-state index in [1.54, 1.807) is 0 Å². The summed E-state index contributed by atoms with van der Waals surface area (Å²) in [6.45, 7) is 11.4. The molecular weight excluding hydrogens is 240 g/mol. The lowest BCUT2D eigenvalue weighted by Crippen LogP contribution is -2.55. The van der Waals surface area contributed by atoms with Crippen molar-refractivity contribution in [2.45, 2.75) is 32.4 Å². The van der Waals surface area contributed by atoms with Gasteiger partial charge in [0.15, 0.2) is 0 Å². The Labute approximate surface area is 116 Å². The van der Waals surface area contributed by atoms with Crippen LogP contribution < -0.4 is 5.32 Å². The molecule has 1 atom stereocenters. The molecule has 108 valence electrons. The van der Waals surface area contributed by atoms with Crippen LogP contribution in [0.3, 0.4) is 0 Å². The van der Waals surface area contributed by atoms with Gasteiger partial charge >= 0.3 is 0 Å². The molecule has 5 nitrogen and oxygen atoms in total. The summed E-state index contributed by atoms with van der Waals surface area (Å²) >= 11 is 0. The van der Waals surface area contributed by atoms with E-state index in [-0.39, 0.29) is 11.6 Å². The fourth-order valence-corrected chi connectivity index (χ4v) is 2.57. The predicted molar refractivity (Wildman–Crippen MR) is 76.1 cm³/mol. The molecule has 19 heavy (non-hydrogen) atoms. The molecule has 2 rings (SSSR count). The average molecular weight is 266 g/mol. The van der Waals surface area contributed by atoms with Gasteiger partial charge in [-0.1, -0.05) is 0 Å². The van der Waals surface area contributed by atoms with Crippen molar-refractivity contribution < 1.29 is 4.74 Å². The van der Waals surface area contributed by atoms with Crippen LogP contribution in [-0.4, -0.2) is 52.8 Å². The van der Waals surface area contributed by atoms with E-state index in [0.29, 0.717) is 0 Å². The van der Waals surface area contributed by atoms with E-state index in [1.165, 1.54) is 0 Å². The molecule has 1 saturated heterocycles. The number of hydrogen-bond donors (Lipinski definition) is 1. The second-order valence-electron chi connectivity index (χ2n) is 5.91. The highest BCUT2D eigenvalue weighted by Crippen LogP contribution is 2.17. The molecule has 2 heterocycles. The van der Waals surface area contributed by atoms with Crippen molar-refractivity contribution in [1.29, 1.82) is 0 Å². The Morgan fingerprint density at radius 1 is 1.42 bits per heavy atom. The highest BCUT2D eigenvalue weighted by atomic mass is 16.5. The molecular formula is C14H26N4O. The Morgan fingerprint density at radius 3 is 2.68 bits per heavy atom. The minimum Gasteiger partial charge on any atom is -0.379 e. The number of imidazole rings is 1. The topological polar surface area (TPSA) is 42.3 Å². The zero-order valence-electron chi connectivity index (χ0n) is 12.5. The van der Waals surface area contributed by atoms with Crippen molar-refractivity contribution in [3.63, 3.8) is 0 Å². The molecule has 0 bridgehead atoms. The Morgan fingerprint density at radius 2 is 2.11 bits per heavy atom. The van der Waals surface area contributed by atoms with E-state index >= 15 is 0 Å². The Balaban J connectivity index is 1.88. The number of rotatable bonds is 5. The summed E-state index contributed by atoms with van der Waals surface area (Å²) in [5, 5.41) is 3.60. The van der Waals surface area contributed by atoms with Crippen LogP contribution in [-0.2, 0) is 11.8 Å². The number of aromatic nitrogens is 2. The van der Waals surface area contributed by atoms with Crippen LogP contribution in [0, 0.1) is 0 Å². The molecule has 0 aliphatic carbocycles. The van der Waals surface area contributed by atoms with Gasteiger partial charge in [0.25, 0.3) is 0 Å². The maximum absolute atomic E-state index is 5.42. The normalized spacial score (nSPS) is 19.6. The van der Waals surface area contributed by atoms with Gasteiger partial charge < -0.3 is 14.6 Å². The standard InChI is InChI=1S/C14H26N4O/c1-12(13-15-5-6-17(13)4)16-11-14(2,3)18-7-9-19-10-8-18/h5-6,12,16H,7-11H2,1-4H3. The van der Waals surface area contributed by atoms with Crippen molar-refractivity contribution in [2.24, 2.45) is 7.05 Å². The fourth-order valence-electron chi connectivity index (χ4n) is 2.57. The molecule has 1 aliphatic heterocycles. The maximum Gasteiger partial charge on any atom is 0.125 e. The number of ether oxygens (including phenoxy) is 1. The third-order valence-electron chi connectivity index (χ3n) is 3.95. The summed E-state index contributed by atoms with van der Waals surface area (Å²) in [5.74, 6) is 1.08. The van der Waals surface area contributed by atoms with E-state index < -0.39 is 0 Å². The van der Waals surface area contributed by atoms with Gasteiger partial charge in [0.1, 0.15) is 5.82 Å². The fraction of sp³-hybridized carbons (Fsp3) is 0.786. The highest BCUT2D eigenvalue weighted by Gasteiger charge is 2.28. The van der Waals surface area contributed by atoms with E-state index in [2.05, 4.69) is 40.5 Å². The van der Waals surface area contributed by atoms with Crippen molar-refractivity contribution in [2.75, 3.05) is 32.8 Å². The molecule has 1 unspecified atom stereocenters. The SMILES string of the molecule is CC(NCC(C)(C)N1CCOCC1)c1nccn1C. The van der Waals surface area contributed by atoms with Gasteiger partial charge in [-0.2, -0.15) is 0 Å². The predicted octanol–water partition coefficient (Wildman–Crippen LogP) is 1.18. The zero-order chi connectivity index (χ0) is 13.9. The summed E-state index contributed by atoms with van der Waals surface area (Å²) in [7, 11) is 2.04. The summed E-state index contributed by atoms with van der Waals surface area (Å²) in [6.07, 6.45) is 3.83. The van der Waals surface area contributed by atoms with Crippen LogP contribution in [0.2, 0.25) is 0 Å². The Kier molecular flexibility index (Phi) is 4.60. The monoisotopic (exact) mass is 266 g/mol. The van der Waals surface area contributed by atoms with Crippen LogP contribution in [0.4, 0.5) is 0 Å². The average Bonchev–Trinajstić information content (AvgIpc) is 2.83. The third kappa shape index (κ3) is 3.55. The molecule has 0 spiro atoms. The van der Waals surface area contributed by atoms with Crippen molar-refractivity contribution >= 4 is 0 Å². The number of nitrogens with one attached hydrogen (secondary N) is 1. The lowest BCUT2D eigenvalue weighted by atomic mass is 10.0. The summed E-state index contributed by atoms with van der Waals surface area (Å²) < 4.78 is 7.49. The van der Waals surface area contributed by atoms with Gasteiger partial charge in [0.2, 0.25) is 0 Å². The third-order valence-corrected chi connectivity index (χ3v) is 3.95. The molecule has 0 saturated carbocycles.